The predicted molar refractivity (Wildman–Crippen MR) is 122 cm³/mol. The number of carbonyl (C=O) groups is 1. The highest BCUT2D eigenvalue weighted by atomic mass is 127. The minimum absolute atomic E-state index is 0.181. The van der Waals surface area contributed by atoms with E-state index in [-0.39, 0.29) is 5.56 Å². The molecule has 6 heteroatoms. The summed E-state index contributed by atoms with van der Waals surface area (Å²) in [5.41, 5.74) is 3.04. The molecule has 144 valence electrons. The fraction of sp³-hybridized carbons (Fsp3) is 0.0435. The molecule has 0 spiro atoms. The number of nitrogens with zero attached hydrogens (tertiary/aromatic N) is 1. The van der Waals surface area contributed by atoms with E-state index in [4.69, 9.17) is 21.4 Å². The van der Waals surface area contributed by atoms with Gasteiger partial charge < -0.3 is 9.84 Å². The van der Waals surface area contributed by atoms with Crippen LogP contribution >= 0.6 is 34.2 Å². The minimum atomic E-state index is -0.999. The molecule has 0 aromatic heterocycles. The summed E-state index contributed by atoms with van der Waals surface area (Å²) in [7, 11) is 0. The van der Waals surface area contributed by atoms with Crippen molar-refractivity contribution in [3.05, 3.63) is 97.6 Å². The lowest BCUT2D eigenvalue weighted by Gasteiger charge is -2.10. The first kappa shape index (κ1) is 20.9. The summed E-state index contributed by atoms with van der Waals surface area (Å²) < 4.78 is 6.78. The summed E-state index contributed by atoms with van der Waals surface area (Å²) in [6.45, 7) is 0.365. The van der Waals surface area contributed by atoms with Crippen LogP contribution in [0.2, 0.25) is 5.02 Å². The summed E-state index contributed by atoms with van der Waals surface area (Å²) in [6.07, 6.45) is 1.76. The molecule has 0 amide bonds. The van der Waals surface area contributed by atoms with Crippen LogP contribution in [0.4, 0.5) is 0 Å². The van der Waals surface area contributed by atoms with Crippen molar-refractivity contribution < 1.29 is 14.6 Å². The topological polar surface area (TPSA) is 70.3 Å². The van der Waals surface area contributed by atoms with Crippen LogP contribution in [-0.2, 0) is 6.61 Å². The average molecular weight is 516 g/mol. The maximum Gasteiger partial charge on any atom is 0.335 e. The second-order valence-electron chi connectivity index (χ2n) is 6.12. The van der Waals surface area contributed by atoms with Gasteiger partial charge in [-0.05, 0) is 70.1 Å². The van der Waals surface area contributed by atoms with Crippen LogP contribution < -0.4 is 4.74 Å². The van der Waals surface area contributed by atoms with Crippen LogP contribution in [-0.4, -0.2) is 11.1 Å². The van der Waals surface area contributed by atoms with E-state index in [1.165, 1.54) is 12.1 Å². The van der Waals surface area contributed by atoms with Gasteiger partial charge in [-0.1, -0.05) is 48.0 Å². The Labute approximate surface area is 187 Å². The number of carboxylic acids is 1. The third-order valence-electron chi connectivity index (χ3n) is 4.17. The van der Waals surface area contributed by atoms with E-state index in [9.17, 15) is 10.1 Å². The smallest absolute Gasteiger partial charge is 0.335 e. The molecule has 1 N–H and O–H groups in total. The van der Waals surface area contributed by atoms with E-state index in [1.807, 2.05) is 42.5 Å². The van der Waals surface area contributed by atoms with Gasteiger partial charge in [0.05, 0.1) is 20.8 Å². The van der Waals surface area contributed by atoms with Crippen LogP contribution in [0, 0.1) is 14.9 Å². The van der Waals surface area contributed by atoms with Crippen LogP contribution in [0.1, 0.15) is 27.0 Å². The van der Waals surface area contributed by atoms with Gasteiger partial charge in [-0.3, -0.25) is 0 Å². The zero-order chi connectivity index (χ0) is 20.8. The molecule has 3 aromatic carbocycles. The van der Waals surface area contributed by atoms with Crippen molar-refractivity contribution in [1.29, 1.82) is 5.26 Å². The largest absolute Gasteiger partial charge is 0.488 e. The molecular formula is C23H15ClINO3. The van der Waals surface area contributed by atoms with Crippen molar-refractivity contribution >= 4 is 51.8 Å². The fourth-order valence-corrected chi connectivity index (χ4v) is 3.52. The number of halogens is 2. The van der Waals surface area contributed by atoms with E-state index in [0.717, 1.165) is 20.4 Å². The Morgan fingerprint density at radius 3 is 2.41 bits per heavy atom. The first-order chi connectivity index (χ1) is 14.0. The molecule has 0 unspecified atom stereocenters. The number of aromatic carboxylic acids is 1. The van der Waals surface area contributed by atoms with Gasteiger partial charge in [0.1, 0.15) is 12.4 Å². The number of hydrogen-bond donors (Lipinski definition) is 1. The van der Waals surface area contributed by atoms with Gasteiger partial charge in [0.25, 0.3) is 0 Å². The van der Waals surface area contributed by atoms with Crippen molar-refractivity contribution in [2.75, 3.05) is 0 Å². The van der Waals surface area contributed by atoms with Crippen LogP contribution in [0.5, 0.6) is 5.75 Å². The number of benzene rings is 3. The number of nitriles is 1. The monoisotopic (exact) mass is 515 g/mol. The van der Waals surface area contributed by atoms with Gasteiger partial charge in [0.15, 0.2) is 0 Å². The standard InChI is InChI=1S/C23H15ClINO3/c24-20-4-2-1-3-18(20)14-29-22-10-5-15(12-21(22)25)11-19(13-26)16-6-8-17(9-7-16)23(27)28/h1-12H,14H2,(H,27,28)/b19-11-. The Balaban J connectivity index is 1.78. The van der Waals surface area contributed by atoms with Crippen molar-refractivity contribution in [2.45, 2.75) is 6.61 Å². The predicted octanol–water partition coefficient (Wildman–Crippen LogP) is 6.29. The number of carboxylic acid groups (broad SMARTS) is 1. The third kappa shape index (κ3) is 5.37. The highest BCUT2D eigenvalue weighted by Crippen LogP contribution is 2.27. The highest BCUT2D eigenvalue weighted by Gasteiger charge is 2.08. The van der Waals surface area contributed by atoms with Crippen molar-refractivity contribution in [2.24, 2.45) is 0 Å². The normalized spacial score (nSPS) is 11.0. The van der Waals surface area contributed by atoms with Gasteiger partial charge >= 0.3 is 5.97 Å². The maximum atomic E-state index is 11.0. The van der Waals surface area contributed by atoms with Gasteiger partial charge in [-0.25, -0.2) is 4.79 Å². The molecule has 3 aromatic rings. The van der Waals surface area contributed by atoms with Crippen LogP contribution in [0.15, 0.2) is 66.7 Å². The Bertz CT molecular complexity index is 1120. The molecule has 0 saturated carbocycles. The molecule has 0 fully saturated rings. The molecule has 0 saturated heterocycles. The molecule has 4 nitrogen and oxygen atoms in total. The Morgan fingerprint density at radius 2 is 1.79 bits per heavy atom. The van der Waals surface area contributed by atoms with Gasteiger partial charge in [0.2, 0.25) is 0 Å². The fourth-order valence-electron chi connectivity index (χ4n) is 2.63. The quantitative estimate of drug-likeness (QED) is 0.238. The Kier molecular flexibility index (Phi) is 6.91. The third-order valence-corrected chi connectivity index (χ3v) is 5.38. The van der Waals surface area contributed by atoms with E-state index >= 15 is 0 Å². The molecule has 0 radical (unpaired) electrons. The van der Waals surface area contributed by atoms with Crippen molar-refractivity contribution in [3.8, 4) is 11.8 Å². The Morgan fingerprint density at radius 1 is 1.10 bits per heavy atom. The van der Waals surface area contributed by atoms with E-state index < -0.39 is 5.97 Å². The summed E-state index contributed by atoms with van der Waals surface area (Å²) in [6, 6.07) is 21.6. The van der Waals surface area contributed by atoms with Crippen LogP contribution in [0.3, 0.4) is 0 Å². The lowest BCUT2D eigenvalue weighted by atomic mass is 10.0. The van der Waals surface area contributed by atoms with Gasteiger partial charge in [-0.15, -0.1) is 0 Å². The number of ether oxygens (including phenoxy) is 1. The molecular weight excluding hydrogens is 501 g/mol. The van der Waals surface area contributed by atoms with E-state index in [0.29, 0.717) is 22.8 Å². The summed E-state index contributed by atoms with van der Waals surface area (Å²) in [4.78, 5) is 11.0. The van der Waals surface area contributed by atoms with Gasteiger partial charge in [0, 0.05) is 10.6 Å². The van der Waals surface area contributed by atoms with Crippen molar-refractivity contribution in [1.82, 2.24) is 0 Å². The number of allylic oxidation sites excluding steroid dienone is 1. The molecule has 0 bridgehead atoms. The van der Waals surface area contributed by atoms with E-state index in [2.05, 4.69) is 28.7 Å². The number of rotatable bonds is 6. The summed E-state index contributed by atoms with van der Waals surface area (Å²) in [5, 5.41) is 19.2. The molecule has 0 aliphatic heterocycles. The molecule has 29 heavy (non-hydrogen) atoms. The van der Waals surface area contributed by atoms with Crippen molar-refractivity contribution in [3.63, 3.8) is 0 Å². The molecule has 0 aliphatic carbocycles. The molecule has 0 heterocycles. The second kappa shape index (κ2) is 9.59. The van der Waals surface area contributed by atoms with E-state index in [1.54, 1.807) is 18.2 Å². The maximum absolute atomic E-state index is 11.0. The lowest BCUT2D eigenvalue weighted by Crippen LogP contribution is -1.98. The molecule has 3 rings (SSSR count). The average Bonchev–Trinajstić information content (AvgIpc) is 2.72. The van der Waals surface area contributed by atoms with Crippen LogP contribution in [0.25, 0.3) is 11.6 Å². The molecule has 0 atom stereocenters. The zero-order valence-corrected chi connectivity index (χ0v) is 18.0. The second-order valence-corrected chi connectivity index (χ2v) is 7.69. The summed E-state index contributed by atoms with van der Waals surface area (Å²) in [5.74, 6) is -0.270. The first-order valence-corrected chi connectivity index (χ1v) is 10.0. The summed E-state index contributed by atoms with van der Waals surface area (Å²) >= 11 is 8.35. The molecule has 0 aliphatic rings. The lowest BCUT2D eigenvalue weighted by molar-refractivity contribution is 0.0697. The zero-order valence-electron chi connectivity index (χ0n) is 15.1. The number of hydrogen-bond acceptors (Lipinski definition) is 3. The highest BCUT2D eigenvalue weighted by molar-refractivity contribution is 14.1. The first-order valence-electron chi connectivity index (χ1n) is 8.59. The van der Waals surface area contributed by atoms with Gasteiger partial charge in [-0.2, -0.15) is 5.26 Å². The minimum Gasteiger partial charge on any atom is -0.488 e. The Hall–Kier alpha value is -2.82. The SMILES string of the molecule is N#C/C(=C/c1ccc(OCc2ccccc2Cl)c(I)c1)c1ccc(C(=O)O)cc1.